The van der Waals surface area contributed by atoms with Gasteiger partial charge in [-0.3, -0.25) is 4.79 Å². The third kappa shape index (κ3) is 5.41. The number of rotatable bonds is 6. The zero-order valence-electron chi connectivity index (χ0n) is 9.75. The maximum Gasteiger partial charge on any atom is 0.248 e. The molecule has 0 spiro atoms. The van der Waals surface area contributed by atoms with Gasteiger partial charge >= 0.3 is 0 Å². The number of carbonyl (C=O) groups is 1. The van der Waals surface area contributed by atoms with Crippen molar-refractivity contribution in [2.45, 2.75) is 31.6 Å². The summed E-state index contributed by atoms with van der Waals surface area (Å²) in [6, 6.07) is 0. The van der Waals surface area contributed by atoms with E-state index < -0.39 is 5.92 Å². The van der Waals surface area contributed by atoms with E-state index in [2.05, 4.69) is 5.32 Å². The molecule has 0 radical (unpaired) electrons. The molecular weight excluding hydrogens is 232 g/mol. The molecule has 0 bridgehead atoms. The summed E-state index contributed by atoms with van der Waals surface area (Å²) in [5.74, 6) is -3.07. The van der Waals surface area contributed by atoms with E-state index >= 15 is 0 Å². The van der Waals surface area contributed by atoms with Crippen LogP contribution in [-0.2, 0) is 9.53 Å². The quantitative estimate of drug-likeness (QED) is 0.691. The largest absolute Gasteiger partial charge is 0.394 e. The van der Waals surface area contributed by atoms with Crippen LogP contribution in [0.15, 0.2) is 0 Å². The first-order chi connectivity index (χ1) is 8.05. The molecule has 0 aromatic heterocycles. The van der Waals surface area contributed by atoms with Gasteiger partial charge in [0, 0.05) is 25.3 Å². The Morgan fingerprint density at radius 1 is 1.35 bits per heavy atom. The average Bonchev–Trinajstić information content (AvgIpc) is 2.28. The summed E-state index contributed by atoms with van der Waals surface area (Å²) in [5.41, 5.74) is 0. The zero-order chi connectivity index (χ0) is 12.7. The molecule has 0 unspecified atom stereocenters. The second-order valence-corrected chi connectivity index (χ2v) is 4.26. The first kappa shape index (κ1) is 14.3. The summed E-state index contributed by atoms with van der Waals surface area (Å²) in [4.78, 5) is 11.6. The molecule has 1 saturated carbocycles. The molecule has 1 aliphatic carbocycles. The fourth-order valence-electron chi connectivity index (χ4n) is 1.86. The van der Waals surface area contributed by atoms with Gasteiger partial charge in [-0.2, -0.15) is 0 Å². The van der Waals surface area contributed by atoms with Crippen molar-refractivity contribution in [1.82, 2.24) is 5.32 Å². The van der Waals surface area contributed by atoms with Gasteiger partial charge in [0.15, 0.2) is 0 Å². The van der Waals surface area contributed by atoms with Crippen LogP contribution in [-0.4, -0.2) is 43.3 Å². The number of hydrogen-bond donors (Lipinski definition) is 2. The van der Waals surface area contributed by atoms with E-state index in [0.29, 0.717) is 13.2 Å². The van der Waals surface area contributed by atoms with Crippen molar-refractivity contribution in [2.24, 2.45) is 5.92 Å². The van der Waals surface area contributed by atoms with Gasteiger partial charge in [-0.15, -0.1) is 0 Å². The first-order valence-corrected chi connectivity index (χ1v) is 5.89. The third-order valence-electron chi connectivity index (χ3n) is 2.87. The van der Waals surface area contributed by atoms with Crippen LogP contribution < -0.4 is 5.32 Å². The van der Waals surface area contributed by atoms with Crippen molar-refractivity contribution in [1.29, 1.82) is 0 Å². The fraction of sp³-hybridized carbons (Fsp3) is 0.909. The van der Waals surface area contributed by atoms with E-state index in [1.54, 1.807) is 0 Å². The number of aliphatic hydroxyl groups excluding tert-OH is 1. The minimum atomic E-state index is -2.60. The Morgan fingerprint density at radius 2 is 2.00 bits per heavy atom. The summed E-state index contributed by atoms with van der Waals surface area (Å²) in [5, 5.41) is 11.1. The molecule has 17 heavy (non-hydrogen) atoms. The van der Waals surface area contributed by atoms with Crippen LogP contribution in [0.25, 0.3) is 0 Å². The van der Waals surface area contributed by atoms with Crippen molar-refractivity contribution < 1.29 is 23.4 Å². The van der Waals surface area contributed by atoms with Gasteiger partial charge < -0.3 is 15.2 Å². The molecule has 100 valence electrons. The van der Waals surface area contributed by atoms with Crippen molar-refractivity contribution in [2.75, 3.05) is 26.4 Å². The Hall–Kier alpha value is -0.750. The summed E-state index contributed by atoms with van der Waals surface area (Å²) in [6.07, 6.45) is 0.0882. The zero-order valence-corrected chi connectivity index (χ0v) is 9.75. The minimum absolute atomic E-state index is 0.0499. The number of ether oxygens (including phenoxy) is 1. The van der Waals surface area contributed by atoms with Gasteiger partial charge in [0.25, 0.3) is 0 Å². The topological polar surface area (TPSA) is 58.6 Å². The van der Waals surface area contributed by atoms with Crippen LogP contribution in [0.4, 0.5) is 8.78 Å². The van der Waals surface area contributed by atoms with Gasteiger partial charge in [-0.05, 0) is 12.8 Å². The molecule has 1 fully saturated rings. The molecule has 0 aromatic rings. The standard InChI is InChI=1S/C11H19F2NO3/c12-11(13)3-1-9(2-4-11)10(16)14-5-7-17-8-6-15/h9,15H,1-8H2,(H,14,16). The van der Waals surface area contributed by atoms with Crippen LogP contribution in [0, 0.1) is 5.92 Å². The summed E-state index contributed by atoms with van der Waals surface area (Å²) in [6.45, 7) is 0.873. The van der Waals surface area contributed by atoms with E-state index in [4.69, 9.17) is 9.84 Å². The highest BCUT2D eigenvalue weighted by Gasteiger charge is 2.37. The van der Waals surface area contributed by atoms with E-state index in [-0.39, 0.29) is 50.7 Å². The SMILES string of the molecule is O=C(NCCOCCO)C1CCC(F)(F)CC1. The van der Waals surface area contributed by atoms with E-state index in [1.165, 1.54) is 0 Å². The molecule has 0 saturated heterocycles. The summed E-state index contributed by atoms with van der Waals surface area (Å²) in [7, 11) is 0. The van der Waals surface area contributed by atoms with E-state index in [9.17, 15) is 13.6 Å². The molecule has 1 aliphatic rings. The molecule has 0 aromatic carbocycles. The maximum atomic E-state index is 12.9. The molecule has 6 heteroatoms. The number of halogens is 2. The van der Waals surface area contributed by atoms with Crippen molar-refractivity contribution in [3.63, 3.8) is 0 Å². The Morgan fingerprint density at radius 3 is 2.59 bits per heavy atom. The fourth-order valence-corrected chi connectivity index (χ4v) is 1.86. The average molecular weight is 251 g/mol. The number of nitrogens with one attached hydrogen (secondary N) is 1. The highest BCUT2D eigenvalue weighted by molar-refractivity contribution is 5.78. The van der Waals surface area contributed by atoms with Gasteiger partial charge in [0.05, 0.1) is 19.8 Å². The molecule has 1 amide bonds. The van der Waals surface area contributed by atoms with Gasteiger partial charge in [-0.25, -0.2) is 8.78 Å². The normalized spacial score (nSPS) is 20.2. The first-order valence-electron chi connectivity index (χ1n) is 5.89. The van der Waals surface area contributed by atoms with Crippen LogP contribution >= 0.6 is 0 Å². The maximum absolute atomic E-state index is 12.9. The third-order valence-corrected chi connectivity index (χ3v) is 2.87. The van der Waals surface area contributed by atoms with Gasteiger partial charge in [0.1, 0.15) is 0 Å². The number of aliphatic hydroxyl groups is 1. The molecule has 1 rings (SSSR count). The highest BCUT2D eigenvalue weighted by atomic mass is 19.3. The van der Waals surface area contributed by atoms with Gasteiger partial charge in [0.2, 0.25) is 11.8 Å². The number of alkyl halides is 2. The van der Waals surface area contributed by atoms with Crippen LogP contribution in [0.5, 0.6) is 0 Å². The molecule has 0 heterocycles. The molecule has 2 N–H and O–H groups in total. The van der Waals surface area contributed by atoms with Crippen molar-refractivity contribution in [3.8, 4) is 0 Å². The monoisotopic (exact) mass is 251 g/mol. The minimum Gasteiger partial charge on any atom is -0.394 e. The molecule has 0 aliphatic heterocycles. The molecule has 0 atom stereocenters. The number of hydrogen-bond acceptors (Lipinski definition) is 3. The predicted molar refractivity (Wildman–Crippen MR) is 57.8 cm³/mol. The summed E-state index contributed by atoms with van der Waals surface area (Å²) >= 11 is 0. The Balaban J connectivity index is 2.12. The summed E-state index contributed by atoms with van der Waals surface area (Å²) < 4.78 is 30.7. The predicted octanol–water partition coefficient (Wildman–Crippen LogP) is 0.937. The molecule has 4 nitrogen and oxygen atoms in total. The van der Waals surface area contributed by atoms with Crippen molar-refractivity contribution in [3.05, 3.63) is 0 Å². The lowest BCUT2D eigenvalue weighted by molar-refractivity contribution is -0.129. The van der Waals surface area contributed by atoms with E-state index in [1.807, 2.05) is 0 Å². The Bertz CT molecular complexity index is 239. The second kappa shape index (κ2) is 6.86. The lowest BCUT2D eigenvalue weighted by atomic mass is 9.86. The molecular formula is C11H19F2NO3. The van der Waals surface area contributed by atoms with Gasteiger partial charge in [-0.1, -0.05) is 0 Å². The Kier molecular flexibility index (Phi) is 5.77. The number of carbonyl (C=O) groups excluding carboxylic acids is 1. The highest BCUT2D eigenvalue weighted by Crippen LogP contribution is 2.36. The van der Waals surface area contributed by atoms with Crippen LogP contribution in [0.2, 0.25) is 0 Å². The second-order valence-electron chi connectivity index (χ2n) is 4.26. The lowest BCUT2D eigenvalue weighted by Gasteiger charge is -2.27. The van der Waals surface area contributed by atoms with E-state index in [0.717, 1.165) is 0 Å². The Labute approximate surface area is 99.3 Å². The smallest absolute Gasteiger partial charge is 0.248 e. The number of amides is 1. The lowest BCUT2D eigenvalue weighted by Crippen LogP contribution is -2.37. The van der Waals surface area contributed by atoms with Crippen LogP contribution in [0.3, 0.4) is 0 Å². The van der Waals surface area contributed by atoms with Crippen molar-refractivity contribution >= 4 is 5.91 Å². The van der Waals surface area contributed by atoms with Crippen LogP contribution in [0.1, 0.15) is 25.7 Å².